The molecule has 0 fully saturated rings. The van der Waals surface area contributed by atoms with Crippen LogP contribution in [0, 0.1) is 0 Å². The predicted molar refractivity (Wildman–Crippen MR) is 45.1 cm³/mol. The van der Waals surface area contributed by atoms with E-state index in [9.17, 15) is 0 Å². The van der Waals surface area contributed by atoms with Gasteiger partial charge >= 0.3 is 0 Å². The van der Waals surface area contributed by atoms with Crippen LogP contribution < -0.4 is 0 Å². The van der Waals surface area contributed by atoms with Crippen molar-refractivity contribution in [2.45, 2.75) is 34.6 Å². The molecule has 0 aliphatic heterocycles. The molecule has 58 valence electrons. The van der Waals surface area contributed by atoms with Crippen LogP contribution in [0.3, 0.4) is 0 Å². The minimum absolute atomic E-state index is 0.415. The van der Waals surface area contributed by atoms with Crippen molar-refractivity contribution < 1.29 is 5.11 Å². The summed E-state index contributed by atoms with van der Waals surface area (Å²) in [4.78, 5) is 0. The van der Waals surface area contributed by atoms with Crippen molar-refractivity contribution >= 4 is 0 Å². The van der Waals surface area contributed by atoms with E-state index < -0.39 is 0 Å². The minimum atomic E-state index is 0.415. The number of rotatable bonds is 1. The van der Waals surface area contributed by atoms with E-state index in [2.05, 4.69) is 0 Å². The monoisotopic (exact) mass is 140 g/mol. The van der Waals surface area contributed by atoms with Gasteiger partial charge in [-0.15, -0.1) is 0 Å². The van der Waals surface area contributed by atoms with Gasteiger partial charge in [0.1, 0.15) is 0 Å². The van der Waals surface area contributed by atoms with Crippen molar-refractivity contribution in [3.8, 4) is 0 Å². The fraction of sp³-hybridized carbons (Fsp3) is 0.556. The van der Waals surface area contributed by atoms with Crippen LogP contribution in [-0.2, 0) is 0 Å². The SMILES string of the molecule is CC(C)=C(C)C(C)=C(C)O. The van der Waals surface area contributed by atoms with Gasteiger partial charge in [-0.1, -0.05) is 5.57 Å². The van der Waals surface area contributed by atoms with E-state index in [1.807, 2.05) is 27.7 Å². The molecule has 0 aliphatic rings. The Bertz CT molecular complexity index is 155. The Labute approximate surface area is 63.1 Å². The van der Waals surface area contributed by atoms with Gasteiger partial charge in [-0.25, -0.2) is 0 Å². The van der Waals surface area contributed by atoms with Crippen molar-refractivity contribution in [2.24, 2.45) is 0 Å². The number of allylic oxidation sites excluding steroid dienone is 4. The van der Waals surface area contributed by atoms with Crippen LogP contribution in [0.15, 0.2) is 22.5 Å². The predicted octanol–water partition coefficient (Wildman–Crippen LogP) is 3.19. The first-order valence-corrected chi connectivity index (χ1v) is 3.47. The number of aliphatic hydroxyl groups excluding tert-OH is 1. The smallest absolute Gasteiger partial charge is 0.0923 e. The second kappa shape index (κ2) is 3.45. The second-order valence-corrected chi connectivity index (χ2v) is 2.84. The highest BCUT2D eigenvalue weighted by atomic mass is 16.3. The molecule has 0 aliphatic carbocycles. The maximum absolute atomic E-state index is 9.09. The van der Waals surface area contributed by atoms with E-state index >= 15 is 0 Å². The topological polar surface area (TPSA) is 20.2 Å². The Kier molecular flexibility index (Phi) is 3.20. The molecule has 0 rings (SSSR count). The first-order valence-electron chi connectivity index (χ1n) is 3.47. The third kappa shape index (κ3) is 2.26. The average Bonchev–Trinajstić information content (AvgIpc) is 1.84. The van der Waals surface area contributed by atoms with Crippen molar-refractivity contribution in [3.63, 3.8) is 0 Å². The Morgan fingerprint density at radius 2 is 1.20 bits per heavy atom. The van der Waals surface area contributed by atoms with E-state index in [4.69, 9.17) is 5.11 Å². The van der Waals surface area contributed by atoms with Gasteiger partial charge in [0.2, 0.25) is 0 Å². The number of aliphatic hydroxyl groups is 1. The fourth-order valence-electron chi connectivity index (χ4n) is 0.646. The molecule has 10 heavy (non-hydrogen) atoms. The molecule has 0 heterocycles. The molecule has 0 aromatic rings. The molecular weight excluding hydrogens is 124 g/mol. The summed E-state index contributed by atoms with van der Waals surface area (Å²) in [7, 11) is 0. The Balaban J connectivity index is 4.71. The summed E-state index contributed by atoms with van der Waals surface area (Å²) in [6.45, 7) is 9.74. The molecule has 0 aromatic carbocycles. The highest BCUT2D eigenvalue weighted by Crippen LogP contribution is 2.15. The highest BCUT2D eigenvalue weighted by Gasteiger charge is 1.97. The van der Waals surface area contributed by atoms with Crippen LogP contribution in [0.25, 0.3) is 0 Å². The van der Waals surface area contributed by atoms with Crippen LogP contribution in [0.4, 0.5) is 0 Å². The van der Waals surface area contributed by atoms with E-state index in [1.165, 1.54) is 11.1 Å². The third-order valence-electron chi connectivity index (χ3n) is 1.86. The molecular formula is C9H16O. The van der Waals surface area contributed by atoms with Crippen LogP contribution >= 0.6 is 0 Å². The summed E-state index contributed by atoms with van der Waals surface area (Å²) in [6.07, 6.45) is 0. The molecule has 0 radical (unpaired) electrons. The van der Waals surface area contributed by atoms with Gasteiger partial charge in [0.25, 0.3) is 0 Å². The maximum atomic E-state index is 9.09. The molecule has 0 saturated heterocycles. The molecule has 0 saturated carbocycles. The maximum Gasteiger partial charge on any atom is 0.0923 e. The lowest BCUT2D eigenvalue weighted by atomic mass is 10.0. The van der Waals surface area contributed by atoms with Gasteiger partial charge < -0.3 is 5.11 Å². The van der Waals surface area contributed by atoms with Gasteiger partial charge in [0, 0.05) is 0 Å². The molecule has 1 N–H and O–H groups in total. The molecule has 0 bridgehead atoms. The normalized spacial score (nSPS) is 12.5. The summed E-state index contributed by atoms with van der Waals surface area (Å²) in [5.41, 5.74) is 3.42. The van der Waals surface area contributed by atoms with E-state index in [1.54, 1.807) is 6.92 Å². The molecule has 1 heteroatoms. The van der Waals surface area contributed by atoms with Crippen LogP contribution in [0.5, 0.6) is 0 Å². The summed E-state index contributed by atoms with van der Waals surface area (Å²) < 4.78 is 0. The first kappa shape index (κ1) is 9.28. The van der Waals surface area contributed by atoms with Gasteiger partial charge in [-0.2, -0.15) is 0 Å². The second-order valence-electron chi connectivity index (χ2n) is 2.84. The molecule has 1 nitrogen and oxygen atoms in total. The largest absolute Gasteiger partial charge is 0.512 e. The van der Waals surface area contributed by atoms with Gasteiger partial charge in [0.05, 0.1) is 5.76 Å². The van der Waals surface area contributed by atoms with Crippen molar-refractivity contribution in [3.05, 3.63) is 22.5 Å². The highest BCUT2D eigenvalue weighted by molar-refractivity contribution is 5.31. The summed E-state index contributed by atoms with van der Waals surface area (Å²) in [5.74, 6) is 0.415. The van der Waals surface area contributed by atoms with Crippen molar-refractivity contribution in [1.29, 1.82) is 0 Å². The van der Waals surface area contributed by atoms with E-state index in [0.29, 0.717) is 5.76 Å². The van der Waals surface area contributed by atoms with Gasteiger partial charge in [-0.05, 0) is 45.8 Å². The molecule has 0 spiro atoms. The quantitative estimate of drug-likeness (QED) is 0.438. The molecule has 0 amide bonds. The standard InChI is InChI=1S/C9H16O/c1-6(2)7(3)8(4)9(5)10/h10H,1-5H3. The van der Waals surface area contributed by atoms with Crippen LogP contribution in [-0.4, -0.2) is 5.11 Å². The zero-order valence-electron chi connectivity index (χ0n) is 7.45. The first-order chi connectivity index (χ1) is 4.46. The lowest BCUT2D eigenvalue weighted by molar-refractivity contribution is 0.408. The molecule has 0 atom stereocenters. The zero-order chi connectivity index (χ0) is 8.31. The van der Waals surface area contributed by atoms with Gasteiger partial charge in [-0.3, -0.25) is 0 Å². The van der Waals surface area contributed by atoms with E-state index in [-0.39, 0.29) is 0 Å². The average molecular weight is 140 g/mol. The lowest BCUT2D eigenvalue weighted by Gasteiger charge is -2.04. The Morgan fingerprint density at radius 1 is 0.800 bits per heavy atom. The third-order valence-corrected chi connectivity index (χ3v) is 1.86. The van der Waals surface area contributed by atoms with E-state index in [0.717, 1.165) is 5.57 Å². The molecule has 0 aromatic heterocycles. The summed E-state index contributed by atoms with van der Waals surface area (Å²) in [5, 5.41) is 9.09. The van der Waals surface area contributed by atoms with Gasteiger partial charge in [0.15, 0.2) is 0 Å². The lowest BCUT2D eigenvalue weighted by Crippen LogP contribution is -1.87. The fourth-order valence-corrected chi connectivity index (χ4v) is 0.646. The van der Waals surface area contributed by atoms with Crippen molar-refractivity contribution in [1.82, 2.24) is 0 Å². The zero-order valence-corrected chi connectivity index (χ0v) is 7.45. The minimum Gasteiger partial charge on any atom is -0.512 e. The van der Waals surface area contributed by atoms with Crippen LogP contribution in [0.2, 0.25) is 0 Å². The Hall–Kier alpha value is -0.720. The summed E-state index contributed by atoms with van der Waals surface area (Å²) in [6, 6.07) is 0. The van der Waals surface area contributed by atoms with Crippen LogP contribution in [0.1, 0.15) is 34.6 Å². The molecule has 0 unspecified atom stereocenters. The van der Waals surface area contributed by atoms with Crippen molar-refractivity contribution in [2.75, 3.05) is 0 Å². The number of hydrogen-bond acceptors (Lipinski definition) is 1. The summed E-state index contributed by atoms with van der Waals surface area (Å²) >= 11 is 0. The Morgan fingerprint density at radius 3 is 1.30 bits per heavy atom. The number of hydrogen-bond donors (Lipinski definition) is 1.